The zero-order valence-corrected chi connectivity index (χ0v) is 13.6. The molecule has 0 amide bonds. The lowest BCUT2D eigenvalue weighted by Gasteiger charge is -2.20. The van der Waals surface area contributed by atoms with Gasteiger partial charge in [0.25, 0.3) is 0 Å². The third kappa shape index (κ3) is 2.26. The van der Waals surface area contributed by atoms with Crippen molar-refractivity contribution in [1.29, 1.82) is 0 Å². The third-order valence-corrected chi connectivity index (χ3v) is 5.17. The Balaban J connectivity index is 1.64. The summed E-state index contributed by atoms with van der Waals surface area (Å²) in [7, 11) is 3.32. The van der Waals surface area contributed by atoms with Gasteiger partial charge in [0.05, 0.1) is 19.9 Å². The summed E-state index contributed by atoms with van der Waals surface area (Å²) in [4.78, 5) is 4.05. The van der Waals surface area contributed by atoms with Gasteiger partial charge < -0.3 is 9.47 Å². The van der Waals surface area contributed by atoms with E-state index in [-0.39, 0.29) is 0 Å². The Hall–Kier alpha value is -2.47. The number of benzene rings is 2. The van der Waals surface area contributed by atoms with Crippen molar-refractivity contribution in [2.24, 2.45) is 10.1 Å². The van der Waals surface area contributed by atoms with Gasteiger partial charge in [0.2, 0.25) is 0 Å². The van der Waals surface area contributed by atoms with Crippen LogP contribution in [0.25, 0.3) is 0 Å². The predicted molar refractivity (Wildman–Crippen MR) is 93.1 cm³/mol. The second-order valence-electron chi connectivity index (χ2n) is 5.24. The average molecular weight is 325 g/mol. The Bertz CT molecular complexity index is 817. The van der Waals surface area contributed by atoms with Gasteiger partial charge in [-0.15, -0.1) is 0 Å². The van der Waals surface area contributed by atoms with Crippen LogP contribution < -0.4 is 14.9 Å². The van der Waals surface area contributed by atoms with Crippen molar-refractivity contribution in [2.75, 3.05) is 14.2 Å². The summed E-state index contributed by atoms with van der Waals surface area (Å²) in [6.45, 7) is 0. The first-order valence-electron chi connectivity index (χ1n) is 7.16. The number of rotatable bonds is 3. The largest absolute Gasteiger partial charge is 0.497 e. The molecule has 2 aliphatic rings. The Morgan fingerprint density at radius 2 is 1.74 bits per heavy atom. The Labute approximate surface area is 138 Å². The van der Waals surface area contributed by atoms with Gasteiger partial charge in [-0.05, 0) is 42.5 Å². The van der Waals surface area contributed by atoms with E-state index >= 15 is 0 Å². The highest BCUT2D eigenvalue weighted by Crippen LogP contribution is 2.47. The van der Waals surface area contributed by atoms with Crippen LogP contribution in [0.1, 0.15) is 11.1 Å². The molecule has 2 heterocycles. The highest BCUT2D eigenvalue weighted by atomic mass is 32.2. The normalized spacial score (nSPS) is 21.0. The van der Waals surface area contributed by atoms with Gasteiger partial charge in [-0.25, -0.2) is 0 Å². The third-order valence-electron chi connectivity index (χ3n) is 3.91. The summed E-state index contributed by atoms with van der Waals surface area (Å²) in [6.07, 6.45) is 1.90. The van der Waals surface area contributed by atoms with Crippen molar-refractivity contribution in [3.05, 3.63) is 53.6 Å². The van der Waals surface area contributed by atoms with Crippen molar-refractivity contribution in [3.8, 4) is 11.5 Å². The molecule has 1 atom stereocenters. The summed E-state index contributed by atoms with van der Waals surface area (Å²) < 4.78 is 10.5. The minimum Gasteiger partial charge on any atom is -0.497 e. The highest BCUT2D eigenvalue weighted by Gasteiger charge is 2.42. The number of hydrazone groups is 1. The molecule has 0 bridgehead atoms. The van der Waals surface area contributed by atoms with Crippen LogP contribution in [0, 0.1) is 0 Å². The highest BCUT2D eigenvalue weighted by molar-refractivity contribution is 8.16. The number of hydrogen-bond acceptors (Lipinski definition) is 6. The monoisotopic (exact) mass is 325 g/mol. The maximum Gasteiger partial charge on any atom is 0.169 e. The molecule has 0 saturated carbocycles. The van der Waals surface area contributed by atoms with Crippen LogP contribution in [0.15, 0.2) is 52.6 Å². The molecule has 2 aliphatic heterocycles. The zero-order chi connectivity index (χ0) is 15.9. The Morgan fingerprint density at radius 1 is 1.00 bits per heavy atom. The smallest absolute Gasteiger partial charge is 0.169 e. The fourth-order valence-corrected chi connectivity index (χ4v) is 3.76. The van der Waals surface area contributed by atoms with E-state index in [1.807, 2.05) is 48.7 Å². The molecule has 0 saturated heterocycles. The fourth-order valence-electron chi connectivity index (χ4n) is 2.64. The minimum absolute atomic E-state index is 0.459. The van der Waals surface area contributed by atoms with E-state index in [9.17, 15) is 0 Å². The molecule has 1 N–H and O–H groups in total. The van der Waals surface area contributed by atoms with Gasteiger partial charge in [-0.1, -0.05) is 11.8 Å². The van der Waals surface area contributed by atoms with Crippen LogP contribution in [0.5, 0.6) is 11.5 Å². The zero-order valence-electron chi connectivity index (χ0n) is 12.7. The lowest BCUT2D eigenvalue weighted by molar-refractivity contribution is 0.414. The van der Waals surface area contributed by atoms with E-state index in [0.717, 1.165) is 33.4 Å². The van der Waals surface area contributed by atoms with Crippen molar-refractivity contribution in [2.45, 2.75) is 4.87 Å². The summed E-state index contributed by atoms with van der Waals surface area (Å²) in [5, 5.41) is 5.43. The molecule has 6 heteroatoms. The summed E-state index contributed by atoms with van der Waals surface area (Å²) in [5.74, 6) is 1.64. The Morgan fingerprint density at radius 3 is 2.48 bits per heavy atom. The molecule has 2 aromatic carbocycles. The molecule has 0 aliphatic carbocycles. The van der Waals surface area contributed by atoms with Gasteiger partial charge in [-0.2, -0.15) is 5.10 Å². The van der Waals surface area contributed by atoms with Crippen LogP contribution in [-0.4, -0.2) is 25.5 Å². The first kappa shape index (κ1) is 14.1. The molecular weight excluding hydrogens is 310 g/mol. The summed E-state index contributed by atoms with van der Waals surface area (Å²) in [6, 6.07) is 13.8. The second-order valence-corrected chi connectivity index (χ2v) is 6.47. The maximum absolute atomic E-state index is 5.34. The SMILES string of the molecule is COc1ccc(C2=NNC3(C=Nc4ccc(OC)cc43)S2)cc1. The quantitative estimate of drug-likeness (QED) is 0.941. The van der Waals surface area contributed by atoms with Crippen LogP contribution in [0.2, 0.25) is 0 Å². The van der Waals surface area contributed by atoms with Gasteiger partial charge in [-0.3, -0.25) is 10.4 Å². The van der Waals surface area contributed by atoms with Crippen molar-refractivity contribution in [1.82, 2.24) is 5.43 Å². The van der Waals surface area contributed by atoms with E-state index in [0.29, 0.717) is 0 Å². The number of nitrogens with one attached hydrogen (secondary N) is 1. The van der Waals surface area contributed by atoms with Crippen molar-refractivity contribution < 1.29 is 9.47 Å². The molecule has 0 radical (unpaired) electrons. The van der Waals surface area contributed by atoms with E-state index < -0.39 is 4.87 Å². The number of nitrogens with zero attached hydrogens (tertiary/aromatic N) is 2. The fraction of sp³-hybridized carbons (Fsp3) is 0.176. The van der Waals surface area contributed by atoms with Gasteiger partial charge in [0.15, 0.2) is 4.87 Å². The number of fused-ring (bicyclic) bond motifs is 2. The first-order chi connectivity index (χ1) is 11.2. The van der Waals surface area contributed by atoms with E-state index in [1.54, 1.807) is 26.0 Å². The van der Waals surface area contributed by atoms with Gasteiger partial charge in [0, 0.05) is 17.3 Å². The van der Waals surface area contributed by atoms with Crippen LogP contribution in [0.4, 0.5) is 5.69 Å². The van der Waals surface area contributed by atoms with Gasteiger partial charge in [0.1, 0.15) is 16.5 Å². The predicted octanol–water partition coefficient (Wildman–Crippen LogP) is 3.27. The van der Waals surface area contributed by atoms with Crippen LogP contribution >= 0.6 is 11.8 Å². The average Bonchev–Trinajstić information content (AvgIpc) is 3.20. The van der Waals surface area contributed by atoms with E-state index in [4.69, 9.17) is 9.47 Å². The molecule has 0 fully saturated rings. The number of thioether (sulfide) groups is 1. The summed E-state index contributed by atoms with van der Waals surface area (Å²) >= 11 is 1.64. The second kappa shape index (κ2) is 5.31. The first-order valence-corrected chi connectivity index (χ1v) is 7.98. The number of hydrogen-bond donors (Lipinski definition) is 1. The molecule has 4 rings (SSSR count). The standard InChI is InChI=1S/C17H15N3O2S/c1-21-12-5-3-11(4-6-12)16-19-20-17(23-16)10-18-15-8-7-13(22-2)9-14(15)17/h3-10,20H,1-2H3. The van der Waals surface area contributed by atoms with Crippen LogP contribution in [0.3, 0.4) is 0 Å². The molecule has 5 nitrogen and oxygen atoms in total. The van der Waals surface area contributed by atoms with Crippen molar-refractivity contribution in [3.63, 3.8) is 0 Å². The summed E-state index contributed by atoms with van der Waals surface area (Å²) in [5.41, 5.74) is 6.28. The maximum atomic E-state index is 5.34. The lowest BCUT2D eigenvalue weighted by atomic mass is 10.1. The number of ether oxygens (including phenoxy) is 2. The van der Waals surface area contributed by atoms with E-state index in [1.165, 1.54) is 0 Å². The molecule has 0 aromatic heterocycles. The van der Waals surface area contributed by atoms with E-state index in [2.05, 4.69) is 15.5 Å². The number of methoxy groups -OCH3 is 2. The number of aliphatic imine (C=N–C) groups is 1. The molecule has 23 heavy (non-hydrogen) atoms. The molecule has 1 unspecified atom stereocenters. The molecule has 1 spiro atoms. The minimum atomic E-state index is -0.459. The topological polar surface area (TPSA) is 55.2 Å². The lowest BCUT2D eigenvalue weighted by Crippen LogP contribution is -2.32. The molecular formula is C17H15N3O2S. The van der Waals surface area contributed by atoms with Gasteiger partial charge >= 0.3 is 0 Å². The Kier molecular flexibility index (Phi) is 3.27. The molecule has 116 valence electrons. The van der Waals surface area contributed by atoms with Crippen molar-refractivity contribution >= 4 is 28.7 Å². The molecule has 2 aromatic rings. The van der Waals surface area contributed by atoms with Crippen LogP contribution in [-0.2, 0) is 4.87 Å².